The van der Waals surface area contributed by atoms with Gasteiger partial charge in [0.05, 0.1) is 12.2 Å². The summed E-state index contributed by atoms with van der Waals surface area (Å²) in [6.07, 6.45) is 2.42. The Morgan fingerprint density at radius 3 is 2.52 bits per heavy atom. The van der Waals surface area contributed by atoms with Crippen LogP contribution >= 0.6 is 0 Å². The van der Waals surface area contributed by atoms with Gasteiger partial charge in [0.1, 0.15) is 0 Å². The fourth-order valence-corrected chi connectivity index (χ4v) is 4.61. The largest absolute Gasteiger partial charge is 0.367 e. The van der Waals surface area contributed by atoms with Crippen LogP contribution in [0.3, 0.4) is 0 Å². The molecule has 2 aromatic carbocycles. The lowest BCUT2D eigenvalue weighted by Crippen LogP contribution is -2.40. The molecule has 4 rings (SSSR count). The Labute approximate surface area is 196 Å². The average molecular weight is 447 g/mol. The molecule has 1 saturated heterocycles. The highest BCUT2D eigenvalue weighted by Crippen LogP contribution is 2.27. The molecule has 174 valence electrons. The maximum absolute atomic E-state index is 12.9. The highest BCUT2D eigenvalue weighted by Gasteiger charge is 2.29. The van der Waals surface area contributed by atoms with Crippen LogP contribution in [0.4, 0.5) is 5.69 Å². The Morgan fingerprint density at radius 1 is 1.03 bits per heavy atom. The van der Waals surface area contributed by atoms with E-state index in [0.717, 1.165) is 48.6 Å². The number of rotatable bonds is 9. The molecule has 2 atom stereocenters. The molecule has 0 radical (unpaired) electrons. The summed E-state index contributed by atoms with van der Waals surface area (Å²) < 4.78 is 5.63. The number of nitrogens with one attached hydrogen (secondary N) is 1. The second-order valence-electron chi connectivity index (χ2n) is 9.13. The van der Waals surface area contributed by atoms with Gasteiger partial charge >= 0.3 is 0 Å². The lowest BCUT2D eigenvalue weighted by atomic mass is 9.81. The van der Waals surface area contributed by atoms with Crippen molar-refractivity contribution in [3.63, 3.8) is 0 Å². The van der Waals surface area contributed by atoms with Gasteiger partial charge in [0.2, 0.25) is 5.91 Å². The van der Waals surface area contributed by atoms with Gasteiger partial charge in [0, 0.05) is 38.8 Å². The van der Waals surface area contributed by atoms with E-state index in [2.05, 4.69) is 52.8 Å². The van der Waals surface area contributed by atoms with Crippen molar-refractivity contribution in [2.75, 3.05) is 32.1 Å². The first kappa shape index (κ1) is 23.1. The van der Waals surface area contributed by atoms with Gasteiger partial charge < -0.3 is 19.6 Å². The van der Waals surface area contributed by atoms with Crippen LogP contribution in [-0.2, 0) is 24.3 Å². The quantitative estimate of drug-likeness (QED) is 0.536. The molecule has 1 aliphatic rings. The van der Waals surface area contributed by atoms with E-state index in [1.54, 1.807) is 0 Å². The van der Waals surface area contributed by atoms with Crippen molar-refractivity contribution in [2.24, 2.45) is 11.8 Å². The second-order valence-corrected chi connectivity index (χ2v) is 9.13. The fourth-order valence-electron chi connectivity index (χ4n) is 4.61. The standard InChI is InChI=1S/C27H34N4O2/c1-30(25-11-7-4-8-12-25)20-26-17-24(29-33-26)15-23-18-28-14-13-22(23)16-27(32)31(2)19-21-9-5-3-6-10-21/h3-12,17,22-23,28H,13-16,18-20H2,1-2H3/t22-,23-/m0/s1. The van der Waals surface area contributed by atoms with E-state index >= 15 is 0 Å². The molecule has 6 heteroatoms. The van der Waals surface area contributed by atoms with Crippen LogP contribution in [0.15, 0.2) is 71.3 Å². The zero-order valence-corrected chi connectivity index (χ0v) is 19.6. The molecular weight excluding hydrogens is 412 g/mol. The molecule has 2 heterocycles. The smallest absolute Gasteiger partial charge is 0.222 e. The third kappa shape index (κ3) is 6.45. The Hall–Kier alpha value is -3.12. The summed E-state index contributed by atoms with van der Waals surface area (Å²) in [7, 11) is 3.95. The first-order valence-electron chi connectivity index (χ1n) is 11.8. The lowest BCUT2D eigenvalue weighted by molar-refractivity contribution is -0.132. The monoisotopic (exact) mass is 446 g/mol. The first-order valence-corrected chi connectivity index (χ1v) is 11.8. The zero-order valence-electron chi connectivity index (χ0n) is 19.6. The van der Waals surface area contributed by atoms with Crippen LogP contribution in [0.5, 0.6) is 0 Å². The van der Waals surface area contributed by atoms with E-state index in [1.165, 1.54) is 0 Å². The third-order valence-corrected chi connectivity index (χ3v) is 6.56. The SMILES string of the molecule is CN(Cc1ccccc1)C(=O)C[C@@H]1CCNC[C@@H]1Cc1cc(CN(C)c2ccccc2)on1. The summed E-state index contributed by atoms with van der Waals surface area (Å²) in [5.41, 5.74) is 3.27. The topological polar surface area (TPSA) is 61.6 Å². The zero-order chi connectivity index (χ0) is 23.0. The van der Waals surface area contributed by atoms with Crippen molar-refractivity contribution < 1.29 is 9.32 Å². The van der Waals surface area contributed by atoms with Crippen LogP contribution in [0.2, 0.25) is 0 Å². The van der Waals surface area contributed by atoms with Crippen molar-refractivity contribution in [3.05, 3.63) is 83.7 Å². The van der Waals surface area contributed by atoms with Gasteiger partial charge in [-0.15, -0.1) is 0 Å². The van der Waals surface area contributed by atoms with Crippen molar-refractivity contribution in [1.82, 2.24) is 15.4 Å². The molecule has 1 amide bonds. The van der Waals surface area contributed by atoms with E-state index in [9.17, 15) is 4.79 Å². The van der Waals surface area contributed by atoms with Crippen molar-refractivity contribution in [3.8, 4) is 0 Å². The van der Waals surface area contributed by atoms with Crippen LogP contribution in [0.1, 0.15) is 29.9 Å². The molecule has 0 aliphatic carbocycles. The maximum Gasteiger partial charge on any atom is 0.222 e. The lowest BCUT2D eigenvalue weighted by Gasteiger charge is -2.32. The van der Waals surface area contributed by atoms with E-state index in [0.29, 0.717) is 31.3 Å². The predicted octanol–water partition coefficient (Wildman–Crippen LogP) is 4.13. The second kappa shape index (κ2) is 11.1. The molecule has 0 unspecified atom stereocenters. The van der Waals surface area contributed by atoms with Crippen LogP contribution in [0.25, 0.3) is 0 Å². The van der Waals surface area contributed by atoms with Crippen LogP contribution < -0.4 is 10.2 Å². The number of anilines is 1. The molecule has 0 spiro atoms. The van der Waals surface area contributed by atoms with E-state index < -0.39 is 0 Å². The van der Waals surface area contributed by atoms with Gasteiger partial charge in [0.15, 0.2) is 5.76 Å². The van der Waals surface area contributed by atoms with Gasteiger partial charge in [-0.2, -0.15) is 0 Å². The fraction of sp³-hybridized carbons (Fsp3) is 0.407. The summed E-state index contributed by atoms with van der Waals surface area (Å²) in [5.74, 6) is 1.79. The van der Waals surface area contributed by atoms with Crippen molar-refractivity contribution >= 4 is 11.6 Å². The molecular formula is C27H34N4O2. The van der Waals surface area contributed by atoms with Crippen molar-refractivity contribution in [2.45, 2.75) is 32.4 Å². The van der Waals surface area contributed by atoms with Crippen LogP contribution in [0, 0.1) is 11.8 Å². The van der Waals surface area contributed by atoms with E-state index in [4.69, 9.17) is 4.52 Å². The van der Waals surface area contributed by atoms with Gasteiger partial charge in [-0.1, -0.05) is 53.7 Å². The third-order valence-electron chi connectivity index (χ3n) is 6.56. The molecule has 1 aliphatic heterocycles. The van der Waals surface area contributed by atoms with Gasteiger partial charge in [0.25, 0.3) is 0 Å². The van der Waals surface area contributed by atoms with E-state index in [1.807, 2.05) is 48.3 Å². The number of carbonyl (C=O) groups is 1. The number of amides is 1. The molecule has 1 N–H and O–H groups in total. The van der Waals surface area contributed by atoms with Gasteiger partial charge in [-0.25, -0.2) is 0 Å². The summed E-state index contributed by atoms with van der Waals surface area (Å²) in [5, 5.41) is 7.83. The summed E-state index contributed by atoms with van der Waals surface area (Å²) in [6.45, 7) is 3.19. The molecule has 6 nitrogen and oxygen atoms in total. The number of nitrogens with zero attached hydrogens (tertiary/aromatic N) is 3. The first-order chi connectivity index (χ1) is 16.1. The number of carbonyl (C=O) groups excluding carboxylic acids is 1. The Morgan fingerprint density at radius 2 is 1.76 bits per heavy atom. The minimum Gasteiger partial charge on any atom is -0.367 e. The number of hydrogen-bond acceptors (Lipinski definition) is 5. The molecule has 33 heavy (non-hydrogen) atoms. The number of hydrogen-bond donors (Lipinski definition) is 1. The summed E-state index contributed by atoms with van der Waals surface area (Å²) in [4.78, 5) is 16.9. The normalized spacial score (nSPS) is 18.1. The average Bonchev–Trinajstić information content (AvgIpc) is 3.28. The summed E-state index contributed by atoms with van der Waals surface area (Å²) >= 11 is 0. The number of para-hydroxylation sites is 1. The van der Waals surface area contributed by atoms with Gasteiger partial charge in [-0.3, -0.25) is 4.79 Å². The molecule has 1 aromatic heterocycles. The Kier molecular flexibility index (Phi) is 7.79. The number of benzene rings is 2. The Balaban J connectivity index is 1.32. The minimum atomic E-state index is 0.209. The minimum absolute atomic E-state index is 0.209. The maximum atomic E-state index is 12.9. The highest BCUT2D eigenvalue weighted by atomic mass is 16.5. The Bertz CT molecular complexity index is 1010. The molecule has 1 fully saturated rings. The molecule has 3 aromatic rings. The highest BCUT2D eigenvalue weighted by molar-refractivity contribution is 5.76. The van der Waals surface area contributed by atoms with E-state index in [-0.39, 0.29) is 5.91 Å². The number of aromatic nitrogens is 1. The molecule has 0 saturated carbocycles. The molecule has 0 bridgehead atoms. The number of piperidine rings is 1. The predicted molar refractivity (Wildman–Crippen MR) is 131 cm³/mol. The van der Waals surface area contributed by atoms with Crippen LogP contribution in [-0.4, -0.2) is 43.1 Å². The van der Waals surface area contributed by atoms with Gasteiger partial charge in [-0.05, 0) is 55.5 Å². The van der Waals surface area contributed by atoms with Crippen molar-refractivity contribution in [1.29, 1.82) is 0 Å². The summed E-state index contributed by atoms with van der Waals surface area (Å²) in [6, 6.07) is 22.5.